The van der Waals surface area contributed by atoms with Crippen molar-refractivity contribution in [1.82, 2.24) is 15.5 Å². The van der Waals surface area contributed by atoms with E-state index in [-0.39, 0.29) is 23.4 Å². The Morgan fingerprint density at radius 3 is 2.65 bits per heavy atom. The molecule has 0 spiro atoms. The maximum atomic E-state index is 12.4. The summed E-state index contributed by atoms with van der Waals surface area (Å²) in [6.07, 6.45) is 4.70. The van der Waals surface area contributed by atoms with Gasteiger partial charge in [0.05, 0.1) is 19.1 Å². The highest BCUT2D eigenvalue weighted by molar-refractivity contribution is 5.80. The Hall–Kier alpha value is -0.650. The van der Waals surface area contributed by atoms with Crippen molar-refractivity contribution in [1.29, 1.82) is 0 Å². The molecule has 1 saturated heterocycles. The third kappa shape index (κ3) is 3.32. The quantitative estimate of drug-likeness (QED) is 0.718. The summed E-state index contributed by atoms with van der Waals surface area (Å²) in [7, 11) is 4.21. The zero-order valence-electron chi connectivity index (χ0n) is 13.1. The fraction of sp³-hybridized carbons (Fsp3) is 0.933. The molecular formula is C15H29N3O2. The Morgan fingerprint density at radius 2 is 2.10 bits per heavy atom. The highest BCUT2D eigenvalue weighted by Crippen LogP contribution is 2.35. The number of hydrogen-bond acceptors (Lipinski definition) is 4. The molecule has 2 N–H and O–H groups in total. The molecule has 2 atom stereocenters. The highest BCUT2D eigenvalue weighted by atomic mass is 16.5. The fourth-order valence-electron chi connectivity index (χ4n) is 3.09. The van der Waals surface area contributed by atoms with Crippen LogP contribution in [0.15, 0.2) is 0 Å². The molecule has 5 nitrogen and oxygen atoms in total. The number of amides is 1. The van der Waals surface area contributed by atoms with Crippen molar-refractivity contribution >= 4 is 5.91 Å². The van der Waals surface area contributed by atoms with Gasteiger partial charge in [-0.3, -0.25) is 4.79 Å². The number of carbonyl (C=O) groups is 1. The van der Waals surface area contributed by atoms with Crippen LogP contribution in [-0.2, 0) is 9.53 Å². The number of hydrogen-bond donors (Lipinski definition) is 2. The second kappa shape index (κ2) is 6.87. The van der Waals surface area contributed by atoms with Crippen LogP contribution in [0.1, 0.15) is 32.6 Å². The molecule has 116 valence electrons. The summed E-state index contributed by atoms with van der Waals surface area (Å²) in [4.78, 5) is 14.6. The van der Waals surface area contributed by atoms with E-state index in [4.69, 9.17) is 4.74 Å². The van der Waals surface area contributed by atoms with E-state index in [9.17, 15) is 4.79 Å². The summed E-state index contributed by atoms with van der Waals surface area (Å²) in [5.74, 6) is 0.102. The van der Waals surface area contributed by atoms with Crippen LogP contribution < -0.4 is 10.6 Å². The Morgan fingerprint density at radius 1 is 1.35 bits per heavy atom. The number of ether oxygens (including phenoxy) is 1. The lowest BCUT2D eigenvalue weighted by atomic mass is 9.75. The van der Waals surface area contributed by atoms with Crippen LogP contribution in [0.25, 0.3) is 0 Å². The van der Waals surface area contributed by atoms with Crippen molar-refractivity contribution in [3.8, 4) is 0 Å². The molecule has 0 aromatic heterocycles. The summed E-state index contributed by atoms with van der Waals surface area (Å²) >= 11 is 0. The predicted octanol–water partition coefficient (Wildman–Crippen LogP) is 0.602. The van der Waals surface area contributed by atoms with Gasteiger partial charge in [0.1, 0.15) is 0 Å². The zero-order chi connectivity index (χ0) is 14.6. The van der Waals surface area contributed by atoms with Crippen molar-refractivity contribution in [3.05, 3.63) is 0 Å². The lowest BCUT2D eigenvalue weighted by Gasteiger charge is -2.47. The normalized spacial score (nSPS) is 28.4. The molecule has 1 heterocycles. The van der Waals surface area contributed by atoms with Gasteiger partial charge in [0.2, 0.25) is 5.91 Å². The van der Waals surface area contributed by atoms with Crippen molar-refractivity contribution in [2.24, 2.45) is 5.92 Å². The van der Waals surface area contributed by atoms with E-state index in [0.717, 1.165) is 19.5 Å². The Labute approximate surface area is 122 Å². The SMILES string of the molecule is CCCNC1COCC1C(=O)NCC1(N(C)C)CCC1. The van der Waals surface area contributed by atoms with E-state index in [1.54, 1.807) is 0 Å². The second-order valence-electron chi connectivity index (χ2n) is 6.39. The largest absolute Gasteiger partial charge is 0.379 e. The predicted molar refractivity (Wildman–Crippen MR) is 79.7 cm³/mol. The van der Waals surface area contributed by atoms with Crippen molar-refractivity contribution < 1.29 is 9.53 Å². The first-order chi connectivity index (χ1) is 9.59. The molecule has 2 fully saturated rings. The van der Waals surface area contributed by atoms with Crippen LogP contribution in [0.3, 0.4) is 0 Å². The van der Waals surface area contributed by atoms with Crippen LogP contribution in [0.2, 0.25) is 0 Å². The molecule has 0 aromatic rings. The zero-order valence-corrected chi connectivity index (χ0v) is 13.1. The van der Waals surface area contributed by atoms with Crippen molar-refractivity contribution in [2.45, 2.75) is 44.2 Å². The third-order valence-electron chi connectivity index (χ3n) is 4.90. The first-order valence-electron chi connectivity index (χ1n) is 7.85. The molecule has 1 amide bonds. The standard InChI is InChI=1S/C15H29N3O2/c1-4-8-16-13-10-20-9-12(13)14(19)17-11-15(18(2)3)6-5-7-15/h12-13,16H,4-11H2,1-3H3,(H,17,19). The van der Waals surface area contributed by atoms with Gasteiger partial charge in [-0.2, -0.15) is 0 Å². The van der Waals surface area contributed by atoms with Gasteiger partial charge in [0.25, 0.3) is 0 Å². The first kappa shape index (κ1) is 15.7. The minimum absolute atomic E-state index is 0.0409. The van der Waals surface area contributed by atoms with Crippen molar-refractivity contribution in [3.63, 3.8) is 0 Å². The van der Waals surface area contributed by atoms with E-state index in [1.165, 1.54) is 19.3 Å². The molecular weight excluding hydrogens is 254 g/mol. The third-order valence-corrected chi connectivity index (χ3v) is 4.90. The van der Waals surface area contributed by atoms with Crippen LogP contribution in [0.5, 0.6) is 0 Å². The summed E-state index contributed by atoms with van der Waals surface area (Å²) < 4.78 is 5.47. The first-order valence-corrected chi connectivity index (χ1v) is 7.85. The van der Waals surface area contributed by atoms with E-state index in [1.807, 2.05) is 0 Å². The van der Waals surface area contributed by atoms with E-state index >= 15 is 0 Å². The molecule has 20 heavy (non-hydrogen) atoms. The number of carbonyl (C=O) groups excluding carboxylic acids is 1. The highest BCUT2D eigenvalue weighted by Gasteiger charge is 2.40. The Balaban J connectivity index is 1.82. The van der Waals surface area contributed by atoms with Gasteiger partial charge >= 0.3 is 0 Å². The Bertz CT molecular complexity index is 329. The molecule has 2 rings (SSSR count). The van der Waals surface area contributed by atoms with Crippen LogP contribution in [0.4, 0.5) is 0 Å². The van der Waals surface area contributed by atoms with Crippen LogP contribution in [-0.4, -0.2) is 62.8 Å². The molecule has 5 heteroatoms. The topological polar surface area (TPSA) is 53.6 Å². The minimum Gasteiger partial charge on any atom is -0.379 e. The summed E-state index contributed by atoms with van der Waals surface area (Å²) in [6.45, 7) is 5.03. The smallest absolute Gasteiger partial charge is 0.227 e. The lowest BCUT2D eigenvalue weighted by molar-refractivity contribution is -0.126. The average molecular weight is 283 g/mol. The number of rotatable bonds is 7. The van der Waals surface area contributed by atoms with Gasteiger partial charge in [-0.1, -0.05) is 6.92 Å². The Kier molecular flexibility index (Phi) is 5.41. The molecule has 2 aliphatic rings. The van der Waals surface area contributed by atoms with Gasteiger partial charge in [0.15, 0.2) is 0 Å². The number of nitrogens with zero attached hydrogens (tertiary/aromatic N) is 1. The average Bonchev–Trinajstić information content (AvgIpc) is 2.82. The van der Waals surface area contributed by atoms with Crippen LogP contribution in [0, 0.1) is 5.92 Å². The summed E-state index contributed by atoms with van der Waals surface area (Å²) in [6, 6.07) is 0.173. The molecule has 1 saturated carbocycles. The van der Waals surface area contributed by atoms with Gasteiger partial charge in [-0.15, -0.1) is 0 Å². The van der Waals surface area contributed by atoms with Gasteiger partial charge in [0, 0.05) is 18.1 Å². The van der Waals surface area contributed by atoms with Gasteiger partial charge in [-0.05, 0) is 46.3 Å². The second-order valence-corrected chi connectivity index (χ2v) is 6.39. The van der Waals surface area contributed by atoms with E-state index in [2.05, 4.69) is 36.6 Å². The van der Waals surface area contributed by atoms with Gasteiger partial charge in [-0.25, -0.2) is 0 Å². The fourth-order valence-corrected chi connectivity index (χ4v) is 3.09. The molecule has 0 bridgehead atoms. The van der Waals surface area contributed by atoms with Crippen LogP contribution >= 0.6 is 0 Å². The van der Waals surface area contributed by atoms with Gasteiger partial charge < -0.3 is 20.3 Å². The molecule has 2 unspecified atom stereocenters. The molecule has 0 radical (unpaired) electrons. The number of likely N-dealkylation sites (N-methyl/N-ethyl adjacent to an activating group) is 1. The maximum Gasteiger partial charge on any atom is 0.227 e. The molecule has 0 aromatic carbocycles. The van der Waals surface area contributed by atoms with Crippen molar-refractivity contribution in [2.75, 3.05) is 40.4 Å². The maximum absolute atomic E-state index is 12.4. The van der Waals surface area contributed by atoms with E-state index < -0.39 is 0 Å². The minimum atomic E-state index is -0.0409. The monoisotopic (exact) mass is 283 g/mol. The molecule has 1 aliphatic heterocycles. The summed E-state index contributed by atoms with van der Waals surface area (Å²) in [5, 5.41) is 6.57. The molecule has 1 aliphatic carbocycles. The van der Waals surface area contributed by atoms with E-state index in [0.29, 0.717) is 13.2 Å². The summed E-state index contributed by atoms with van der Waals surface area (Å²) in [5.41, 5.74) is 0.182. The number of nitrogens with one attached hydrogen (secondary N) is 2. The lowest BCUT2D eigenvalue weighted by Crippen LogP contribution is -2.58.